The van der Waals surface area contributed by atoms with E-state index in [1.165, 1.54) is 0 Å². The summed E-state index contributed by atoms with van der Waals surface area (Å²) in [7, 11) is -2.02. The van der Waals surface area contributed by atoms with Gasteiger partial charge in [-0.1, -0.05) is 55.4 Å². The SMILES string of the molecule is CCOC(=O)C1=CNCC(C)(C)C(O[Si](C(C)C)(C(C)C)C(C)C)C1. The van der Waals surface area contributed by atoms with Crippen molar-refractivity contribution < 1.29 is 14.0 Å². The zero-order chi connectivity index (χ0) is 19.4. The molecule has 0 radical (unpaired) electrons. The van der Waals surface area contributed by atoms with Gasteiger partial charge in [0, 0.05) is 24.6 Å². The molecule has 0 aromatic rings. The van der Waals surface area contributed by atoms with E-state index in [9.17, 15) is 4.79 Å². The molecular formula is C20H39NO3Si. The van der Waals surface area contributed by atoms with Gasteiger partial charge in [-0.15, -0.1) is 0 Å². The Morgan fingerprint density at radius 3 is 2.16 bits per heavy atom. The summed E-state index contributed by atoms with van der Waals surface area (Å²) >= 11 is 0. The molecule has 1 aliphatic rings. The van der Waals surface area contributed by atoms with Crippen molar-refractivity contribution in [1.29, 1.82) is 0 Å². The number of rotatable bonds is 7. The molecule has 1 N–H and O–H groups in total. The minimum absolute atomic E-state index is 0.0111. The minimum Gasteiger partial charge on any atom is -0.463 e. The molecule has 5 heteroatoms. The third-order valence-corrected chi connectivity index (χ3v) is 11.8. The van der Waals surface area contributed by atoms with Crippen molar-refractivity contribution in [2.45, 2.75) is 91.5 Å². The number of hydrogen-bond donors (Lipinski definition) is 1. The first kappa shape index (κ1) is 22.2. The highest BCUT2D eigenvalue weighted by Crippen LogP contribution is 2.46. The van der Waals surface area contributed by atoms with Crippen LogP contribution in [0, 0.1) is 5.41 Å². The minimum atomic E-state index is -2.02. The second kappa shape index (κ2) is 8.72. The topological polar surface area (TPSA) is 47.6 Å². The Labute approximate surface area is 155 Å². The molecule has 4 nitrogen and oxygen atoms in total. The lowest BCUT2D eigenvalue weighted by Gasteiger charge is -2.48. The lowest BCUT2D eigenvalue weighted by molar-refractivity contribution is -0.139. The molecule has 0 aliphatic carbocycles. The maximum Gasteiger partial charge on any atom is 0.335 e. The molecule has 0 saturated carbocycles. The molecule has 1 atom stereocenters. The van der Waals surface area contributed by atoms with Crippen molar-refractivity contribution in [3.05, 3.63) is 11.8 Å². The van der Waals surface area contributed by atoms with E-state index >= 15 is 0 Å². The largest absolute Gasteiger partial charge is 0.463 e. The van der Waals surface area contributed by atoms with Crippen LogP contribution in [0.25, 0.3) is 0 Å². The van der Waals surface area contributed by atoms with Crippen molar-refractivity contribution >= 4 is 14.3 Å². The van der Waals surface area contributed by atoms with E-state index < -0.39 is 8.32 Å². The Bertz CT molecular complexity index is 462. The maximum absolute atomic E-state index is 12.3. The van der Waals surface area contributed by atoms with Gasteiger partial charge in [0.2, 0.25) is 8.32 Å². The van der Waals surface area contributed by atoms with Crippen molar-refractivity contribution in [3.63, 3.8) is 0 Å². The van der Waals surface area contributed by atoms with Gasteiger partial charge in [0.05, 0.1) is 18.3 Å². The average molecular weight is 370 g/mol. The number of esters is 1. The molecule has 0 spiro atoms. The highest BCUT2D eigenvalue weighted by molar-refractivity contribution is 6.77. The van der Waals surface area contributed by atoms with Crippen LogP contribution in [0.1, 0.15) is 68.7 Å². The van der Waals surface area contributed by atoms with Gasteiger partial charge in [0.15, 0.2) is 0 Å². The Kier molecular flexibility index (Phi) is 7.75. The first-order valence-electron chi connectivity index (χ1n) is 9.76. The third kappa shape index (κ3) is 4.88. The predicted molar refractivity (Wildman–Crippen MR) is 107 cm³/mol. The second-order valence-corrected chi connectivity index (χ2v) is 14.3. The number of ether oxygens (including phenoxy) is 1. The van der Waals surface area contributed by atoms with Gasteiger partial charge in [0.1, 0.15) is 0 Å². The number of hydrogen-bond acceptors (Lipinski definition) is 4. The van der Waals surface area contributed by atoms with Crippen molar-refractivity contribution in [2.75, 3.05) is 13.2 Å². The number of carbonyl (C=O) groups is 1. The Morgan fingerprint density at radius 2 is 1.72 bits per heavy atom. The van der Waals surface area contributed by atoms with Crippen LogP contribution in [-0.2, 0) is 14.0 Å². The first-order chi connectivity index (χ1) is 11.5. The maximum atomic E-state index is 12.3. The molecule has 1 rings (SSSR count). The van der Waals surface area contributed by atoms with Gasteiger partial charge in [-0.05, 0) is 23.5 Å². The van der Waals surface area contributed by atoms with Gasteiger partial charge < -0.3 is 14.5 Å². The summed E-state index contributed by atoms with van der Waals surface area (Å²) in [5.41, 5.74) is 2.21. The van der Waals surface area contributed by atoms with Crippen LogP contribution in [0.4, 0.5) is 0 Å². The fourth-order valence-electron chi connectivity index (χ4n) is 4.31. The molecule has 0 fully saturated rings. The van der Waals surface area contributed by atoms with E-state index in [0.717, 1.165) is 6.54 Å². The fourth-order valence-corrected chi connectivity index (χ4v) is 10.0. The standard InChI is InChI=1S/C20H39NO3Si/c1-10-23-19(22)17-11-18(20(8,9)13-21-12-17)24-25(14(2)3,15(4)5)16(6)7/h12,14-16,18,21H,10-11,13H2,1-9H3. The monoisotopic (exact) mass is 369 g/mol. The summed E-state index contributed by atoms with van der Waals surface area (Å²) in [5, 5.41) is 3.30. The molecule has 1 unspecified atom stereocenters. The Hall–Kier alpha value is -0.813. The number of carbonyl (C=O) groups excluding carboxylic acids is 1. The van der Waals surface area contributed by atoms with E-state index in [0.29, 0.717) is 35.2 Å². The van der Waals surface area contributed by atoms with Crippen LogP contribution in [0.3, 0.4) is 0 Å². The van der Waals surface area contributed by atoms with E-state index in [-0.39, 0.29) is 17.5 Å². The van der Waals surface area contributed by atoms with Crippen LogP contribution < -0.4 is 5.32 Å². The number of nitrogens with one attached hydrogen (secondary N) is 1. The van der Waals surface area contributed by atoms with E-state index in [4.69, 9.17) is 9.16 Å². The second-order valence-electron chi connectivity index (χ2n) is 8.89. The summed E-state index contributed by atoms with van der Waals surface area (Å²) in [6.07, 6.45) is 2.45. The smallest absolute Gasteiger partial charge is 0.335 e. The molecule has 0 bridgehead atoms. The zero-order valence-corrected chi connectivity index (χ0v) is 18.7. The van der Waals surface area contributed by atoms with Crippen molar-refractivity contribution in [2.24, 2.45) is 5.41 Å². The van der Waals surface area contributed by atoms with Gasteiger partial charge in [-0.3, -0.25) is 0 Å². The van der Waals surface area contributed by atoms with Gasteiger partial charge >= 0.3 is 5.97 Å². The predicted octanol–water partition coefficient (Wildman–Crippen LogP) is 5.01. The summed E-state index contributed by atoms with van der Waals surface area (Å²) in [5.74, 6) is -0.229. The molecule has 0 aromatic heterocycles. The summed E-state index contributed by atoms with van der Waals surface area (Å²) in [4.78, 5) is 12.3. The highest BCUT2D eigenvalue weighted by atomic mass is 28.4. The normalized spacial score (nSPS) is 21.1. The summed E-state index contributed by atoms with van der Waals surface area (Å²) in [6.45, 7) is 21.3. The highest BCUT2D eigenvalue weighted by Gasteiger charge is 2.49. The van der Waals surface area contributed by atoms with Gasteiger partial charge in [0.25, 0.3) is 0 Å². The van der Waals surface area contributed by atoms with Crippen LogP contribution in [-0.4, -0.2) is 33.5 Å². The van der Waals surface area contributed by atoms with Crippen molar-refractivity contribution in [1.82, 2.24) is 5.32 Å². The molecule has 1 heterocycles. The lowest BCUT2D eigenvalue weighted by atomic mass is 9.84. The lowest BCUT2D eigenvalue weighted by Crippen LogP contribution is -2.53. The van der Waals surface area contributed by atoms with E-state index in [2.05, 4.69) is 60.7 Å². The van der Waals surface area contributed by atoms with E-state index in [1.54, 1.807) is 0 Å². The summed E-state index contributed by atoms with van der Waals surface area (Å²) in [6, 6.07) is 0. The van der Waals surface area contributed by atoms with Crippen LogP contribution >= 0.6 is 0 Å². The summed E-state index contributed by atoms with van der Waals surface area (Å²) < 4.78 is 12.3. The van der Waals surface area contributed by atoms with Crippen LogP contribution in [0.15, 0.2) is 11.8 Å². The molecule has 0 amide bonds. The van der Waals surface area contributed by atoms with Gasteiger partial charge in [-0.2, -0.15) is 0 Å². The van der Waals surface area contributed by atoms with Crippen LogP contribution in [0.2, 0.25) is 16.6 Å². The van der Waals surface area contributed by atoms with Crippen LogP contribution in [0.5, 0.6) is 0 Å². The zero-order valence-electron chi connectivity index (χ0n) is 17.7. The average Bonchev–Trinajstić information content (AvgIpc) is 2.62. The Balaban J connectivity index is 3.20. The Morgan fingerprint density at radius 1 is 1.20 bits per heavy atom. The van der Waals surface area contributed by atoms with Gasteiger partial charge in [-0.25, -0.2) is 4.79 Å². The quantitative estimate of drug-likeness (QED) is 0.506. The molecule has 25 heavy (non-hydrogen) atoms. The molecule has 1 aliphatic heterocycles. The fraction of sp³-hybridized carbons (Fsp3) is 0.850. The molecular weight excluding hydrogens is 330 g/mol. The molecule has 146 valence electrons. The molecule has 0 saturated heterocycles. The first-order valence-corrected chi connectivity index (χ1v) is 11.9. The third-order valence-electron chi connectivity index (χ3n) is 5.70. The van der Waals surface area contributed by atoms with E-state index in [1.807, 2.05) is 13.1 Å². The van der Waals surface area contributed by atoms with Crippen molar-refractivity contribution in [3.8, 4) is 0 Å². The molecule has 0 aromatic carbocycles.